The van der Waals surface area contributed by atoms with Gasteiger partial charge in [-0.1, -0.05) is 0 Å². The van der Waals surface area contributed by atoms with E-state index >= 15 is 0 Å². The summed E-state index contributed by atoms with van der Waals surface area (Å²) in [6, 6.07) is 2.39. The monoisotopic (exact) mass is 282 g/mol. The number of halogens is 2. The zero-order chi connectivity index (χ0) is 14.9. The van der Waals surface area contributed by atoms with Crippen molar-refractivity contribution >= 4 is 23.4 Å². The molecule has 7 nitrogen and oxygen atoms in total. The number of carboxylic acids is 1. The third kappa shape index (κ3) is 2.55. The topological polar surface area (TPSA) is 121 Å². The maximum atomic E-state index is 13.1. The quantitative estimate of drug-likeness (QED) is 0.631. The number of H-pyrrole nitrogens is 1. The summed E-state index contributed by atoms with van der Waals surface area (Å²) in [6.45, 7) is 0. The Bertz CT molecular complexity index is 699. The van der Waals surface area contributed by atoms with E-state index < -0.39 is 23.5 Å². The van der Waals surface area contributed by atoms with Crippen LogP contribution in [0.15, 0.2) is 18.2 Å². The number of nitrogens with zero attached hydrogens (tertiary/aromatic N) is 1. The van der Waals surface area contributed by atoms with E-state index in [2.05, 4.69) is 15.5 Å². The second-order valence-electron chi connectivity index (χ2n) is 3.78. The van der Waals surface area contributed by atoms with Gasteiger partial charge in [-0.25, -0.2) is 13.6 Å². The molecular formula is C11H8F2N4O3. The van der Waals surface area contributed by atoms with Crippen molar-refractivity contribution < 1.29 is 23.5 Å². The Kier molecular flexibility index (Phi) is 3.34. The molecule has 104 valence electrons. The number of hydrogen-bond acceptors (Lipinski definition) is 4. The van der Waals surface area contributed by atoms with Crippen molar-refractivity contribution in [1.29, 1.82) is 0 Å². The SMILES string of the molecule is Nc1cc(F)c(F)cc1C(=O)Nc1cc(C(=O)O)n[nH]1. The molecule has 1 aromatic heterocycles. The van der Waals surface area contributed by atoms with Gasteiger partial charge in [-0.3, -0.25) is 9.89 Å². The number of aromatic amines is 1. The van der Waals surface area contributed by atoms with Crippen LogP contribution in [-0.4, -0.2) is 27.2 Å². The summed E-state index contributed by atoms with van der Waals surface area (Å²) in [5.41, 5.74) is 4.57. The molecule has 0 aliphatic rings. The van der Waals surface area contributed by atoms with E-state index in [1.165, 1.54) is 0 Å². The number of anilines is 2. The maximum Gasteiger partial charge on any atom is 0.356 e. The van der Waals surface area contributed by atoms with Crippen LogP contribution in [0.5, 0.6) is 0 Å². The predicted octanol–water partition coefficient (Wildman–Crippen LogP) is 1.22. The average Bonchev–Trinajstić information content (AvgIpc) is 2.82. The van der Waals surface area contributed by atoms with Crippen LogP contribution in [0.1, 0.15) is 20.8 Å². The Hall–Kier alpha value is -2.97. The van der Waals surface area contributed by atoms with Crippen LogP contribution in [-0.2, 0) is 0 Å². The van der Waals surface area contributed by atoms with Crippen LogP contribution >= 0.6 is 0 Å². The number of hydrogen-bond donors (Lipinski definition) is 4. The first kappa shape index (κ1) is 13.5. The molecule has 9 heteroatoms. The third-order valence-electron chi connectivity index (χ3n) is 2.38. The molecule has 2 rings (SSSR count). The lowest BCUT2D eigenvalue weighted by atomic mass is 10.1. The lowest BCUT2D eigenvalue weighted by Gasteiger charge is -2.06. The summed E-state index contributed by atoms with van der Waals surface area (Å²) in [4.78, 5) is 22.4. The summed E-state index contributed by atoms with van der Waals surface area (Å²) < 4.78 is 25.9. The van der Waals surface area contributed by atoms with E-state index in [-0.39, 0.29) is 22.8 Å². The molecule has 0 aliphatic carbocycles. The number of amides is 1. The number of carboxylic acid groups (broad SMARTS) is 1. The van der Waals surface area contributed by atoms with Gasteiger partial charge >= 0.3 is 5.97 Å². The first-order valence-corrected chi connectivity index (χ1v) is 5.23. The molecule has 0 fully saturated rings. The zero-order valence-electron chi connectivity index (χ0n) is 9.78. The summed E-state index contributed by atoms with van der Waals surface area (Å²) in [5, 5.41) is 16.6. The van der Waals surface area contributed by atoms with Gasteiger partial charge < -0.3 is 16.2 Å². The van der Waals surface area contributed by atoms with Gasteiger partial charge in [0.05, 0.1) is 5.56 Å². The van der Waals surface area contributed by atoms with E-state index in [9.17, 15) is 18.4 Å². The largest absolute Gasteiger partial charge is 0.476 e. The highest BCUT2D eigenvalue weighted by Gasteiger charge is 2.16. The third-order valence-corrected chi connectivity index (χ3v) is 2.38. The van der Waals surface area contributed by atoms with Crippen LogP contribution in [0.3, 0.4) is 0 Å². The smallest absolute Gasteiger partial charge is 0.356 e. The standard InChI is InChI=1S/C11H8F2N4O3/c12-5-1-4(7(14)2-6(5)13)10(18)15-9-3-8(11(19)20)16-17-9/h1-3H,14H2,(H,19,20)(H2,15,16,17,18). The number of rotatable bonds is 3. The van der Waals surface area contributed by atoms with Crippen molar-refractivity contribution in [3.63, 3.8) is 0 Å². The fraction of sp³-hybridized carbons (Fsp3) is 0. The maximum absolute atomic E-state index is 13.1. The minimum Gasteiger partial charge on any atom is -0.476 e. The first-order chi connectivity index (χ1) is 9.38. The summed E-state index contributed by atoms with van der Waals surface area (Å²) in [5.74, 6) is -4.53. The Morgan fingerprint density at radius 1 is 1.25 bits per heavy atom. The molecule has 1 heterocycles. The molecule has 0 bridgehead atoms. The highest BCUT2D eigenvalue weighted by Crippen LogP contribution is 2.18. The van der Waals surface area contributed by atoms with E-state index in [4.69, 9.17) is 10.8 Å². The molecule has 0 saturated heterocycles. The van der Waals surface area contributed by atoms with Crippen molar-refractivity contribution in [3.05, 3.63) is 41.1 Å². The zero-order valence-corrected chi connectivity index (χ0v) is 9.78. The van der Waals surface area contributed by atoms with Crippen LogP contribution in [0, 0.1) is 11.6 Å². The number of benzene rings is 1. The molecular weight excluding hydrogens is 274 g/mol. The minimum absolute atomic E-state index is 0.0171. The molecule has 0 spiro atoms. The molecule has 0 atom stereocenters. The number of nitrogens with one attached hydrogen (secondary N) is 2. The molecule has 5 N–H and O–H groups in total. The van der Waals surface area contributed by atoms with Gasteiger partial charge in [-0.15, -0.1) is 0 Å². The lowest BCUT2D eigenvalue weighted by Crippen LogP contribution is -2.15. The number of carbonyl (C=O) groups excluding carboxylic acids is 1. The lowest BCUT2D eigenvalue weighted by molar-refractivity contribution is 0.0690. The van der Waals surface area contributed by atoms with E-state index in [0.717, 1.165) is 6.07 Å². The van der Waals surface area contributed by atoms with Crippen molar-refractivity contribution in [3.8, 4) is 0 Å². The molecule has 0 saturated carbocycles. The summed E-state index contributed by atoms with van der Waals surface area (Å²) in [7, 11) is 0. The molecule has 1 aromatic carbocycles. The number of nitrogen functional groups attached to an aromatic ring is 1. The van der Waals surface area contributed by atoms with E-state index in [1.807, 2.05) is 0 Å². The van der Waals surface area contributed by atoms with Gasteiger partial charge in [0.1, 0.15) is 5.82 Å². The molecule has 20 heavy (non-hydrogen) atoms. The molecule has 0 aliphatic heterocycles. The summed E-state index contributed by atoms with van der Waals surface area (Å²) in [6.07, 6.45) is 0. The Labute approximate surface area is 110 Å². The predicted molar refractivity (Wildman–Crippen MR) is 64.3 cm³/mol. The van der Waals surface area contributed by atoms with Crippen molar-refractivity contribution in [1.82, 2.24) is 10.2 Å². The molecule has 1 amide bonds. The van der Waals surface area contributed by atoms with Crippen molar-refractivity contribution in [2.75, 3.05) is 11.1 Å². The fourth-order valence-corrected chi connectivity index (χ4v) is 1.44. The second kappa shape index (κ2) is 4.96. The van der Waals surface area contributed by atoms with Gasteiger partial charge in [-0.2, -0.15) is 5.10 Å². The molecule has 0 radical (unpaired) electrons. The van der Waals surface area contributed by atoms with Crippen molar-refractivity contribution in [2.24, 2.45) is 0 Å². The summed E-state index contributed by atoms with van der Waals surface area (Å²) >= 11 is 0. The van der Waals surface area contributed by atoms with E-state index in [1.54, 1.807) is 0 Å². The average molecular weight is 282 g/mol. The Balaban J connectivity index is 2.23. The number of aromatic nitrogens is 2. The highest BCUT2D eigenvalue weighted by atomic mass is 19.2. The minimum atomic E-state index is -1.28. The number of aromatic carboxylic acids is 1. The second-order valence-corrected chi connectivity index (χ2v) is 3.78. The first-order valence-electron chi connectivity index (χ1n) is 5.23. The molecule has 0 unspecified atom stereocenters. The van der Waals surface area contributed by atoms with Gasteiger partial charge in [0, 0.05) is 17.8 Å². The van der Waals surface area contributed by atoms with Crippen LogP contribution < -0.4 is 11.1 Å². The number of carbonyl (C=O) groups is 2. The van der Waals surface area contributed by atoms with Crippen LogP contribution in [0.2, 0.25) is 0 Å². The van der Waals surface area contributed by atoms with Gasteiger partial charge in [0.15, 0.2) is 17.3 Å². The van der Waals surface area contributed by atoms with Gasteiger partial charge in [0.2, 0.25) is 0 Å². The Morgan fingerprint density at radius 3 is 2.50 bits per heavy atom. The van der Waals surface area contributed by atoms with Gasteiger partial charge in [-0.05, 0) is 6.07 Å². The Morgan fingerprint density at radius 2 is 1.90 bits per heavy atom. The highest BCUT2D eigenvalue weighted by molar-refractivity contribution is 6.07. The number of nitrogens with two attached hydrogens (primary N) is 1. The van der Waals surface area contributed by atoms with Gasteiger partial charge in [0.25, 0.3) is 5.91 Å². The fourth-order valence-electron chi connectivity index (χ4n) is 1.44. The van der Waals surface area contributed by atoms with Crippen LogP contribution in [0.25, 0.3) is 0 Å². The normalized spacial score (nSPS) is 10.3. The van der Waals surface area contributed by atoms with Crippen molar-refractivity contribution in [2.45, 2.75) is 0 Å². The molecule has 2 aromatic rings. The van der Waals surface area contributed by atoms with E-state index in [0.29, 0.717) is 12.1 Å². The van der Waals surface area contributed by atoms with Crippen LogP contribution in [0.4, 0.5) is 20.3 Å².